The summed E-state index contributed by atoms with van der Waals surface area (Å²) in [5, 5.41) is 3.00. The Morgan fingerprint density at radius 1 is 1.43 bits per heavy atom. The maximum Gasteiger partial charge on any atom is 0.227 e. The number of piperidine rings is 1. The number of nitrogens with zero attached hydrogens (tertiary/aromatic N) is 1. The van der Waals surface area contributed by atoms with Crippen LogP contribution in [0.25, 0.3) is 0 Å². The van der Waals surface area contributed by atoms with Gasteiger partial charge in [-0.15, -0.1) is 0 Å². The molecule has 0 bridgehead atoms. The zero-order chi connectivity index (χ0) is 15.5. The summed E-state index contributed by atoms with van der Waals surface area (Å²) in [5.41, 5.74) is 6.72. The summed E-state index contributed by atoms with van der Waals surface area (Å²) in [6.07, 6.45) is 1.80. The number of anilines is 1. The smallest absolute Gasteiger partial charge is 0.227 e. The van der Waals surface area contributed by atoms with Crippen molar-refractivity contribution in [3.63, 3.8) is 0 Å². The summed E-state index contributed by atoms with van der Waals surface area (Å²) in [6.45, 7) is 6.85. The minimum absolute atomic E-state index is 0.0983. The topological polar surface area (TPSA) is 58.4 Å². The predicted molar refractivity (Wildman–Crippen MR) is 90.2 cm³/mol. The van der Waals surface area contributed by atoms with Crippen LogP contribution in [0.4, 0.5) is 5.69 Å². The first-order valence-corrected chi connectivity index (χ1v) is 8.20. The van der Waals surface area contributed by atoms with E-state index < -0.39 is 0 Å². The van der Waals surface area contributed by atoms with Crippen molar-refractivity contribution in [1.82, 2.24) is 4.90 Å². The van der Waals surface area contributed by atoms with E-state index in [1.165, 1.54) is 0 Å². The van der Waals surface area contributed by atoms with E-state index in [1.54, 1.807) is 0 Å². The van der Waals surface area contributed by atoms with Gasteiger partial charge in [0, 0.05) is 28.2 Å². The van der Waals surface area contributed by atoms with Crippen molar-refractivity contribution in [3.8, 4) is 0 Å². The Morgan fingerprint density at radius 3 is 2.67 bits per heavy atom. The third-order valence-electron chi connectivity index (χ3n) is 3.68. The third-order valence-corrected chi connectivity index (χ3v) is 4.17. The molecule has 0 aromatic heterocycles. The molecule has 0 unspecified atom stereocenters. The van der Waals surface area contributed by atoms with E-state index in [0.29, 0.717) is 0 Å². The minimum Gasteiger partial charge on any atom is -0.326 e. The number of nitrogens with one attached hydrogen (secondary N) is 1. The summed E-state index contributed by atoms with van der Waals surface area (Å²) in [5.74, 6) is 0.223. The Morgan fingerprint density at radius 2 is 2.10 bits per heavy atom. The highest BCUT2D eigenvalue weighted by Crippen LogP contribution is 2.21. The van der Waals surface area contributed by atoms with Gasteiger partial charge < -0.3 is 16.0 Å². The van der Waals surface area contributed by atoms with E-state index in [1.807, 2.05) is 38.1 Å². The van der Waals surface area contributed by atoms with Gasteiger partial charge in [0.25, 0.3) is 0 Å². The molecule has 1 saturated heterocycles. The van der Waals surface area contributed by atoms with Crippen LogP contribution in [-0.4, -0.2) is 36.0 Å². The minimum atomic E-state index is -0.175. The van der Waals surface area contributed by atoms with Gasteiger partial charge in [-0.25, -0.2) is 0 Å². The van der Waals surface area contributed by atoms with Crippen LogP contribution in [0.3, 0.4) is 0 Å². The number of amides is 1. The fourth-order valence-electron chi connectivity index (χ4n) is 2.74. The average molecular weight is 354 g/mol. The molecule has 0 saturated carbocycles. The molecule has 21 heavy (non-hydrogen) atoms. The molecule has 5 heteroatoms. The zero-order valence-corrected chi connectivity index (χ0v) is 14.3. The molecule has 0 atom stereocenters. The van der Waals surface area contributed by atoms with Crippen LogP contribution in [0.15, 0.2) is 28.7 Å². The maximum absolute atomic E-state index is 12.3. The van der Waals surface area contributed by atoms with Crippen molar-refractivity contribution in [2.45, 2.75) is 32.2 Å². The van der Waals surface area contributed by atoms with Gasteiger partial charge >= 0.3 is 0 Å². The lowest BCUT2D eigenvalue weighted by Crippen LogP contribution is -2.48. The summed E-state index contributed by atoms with van der Waals surface area (Å²) in [7, 11) is 0. The zero-order valence-electron chi connectivity index (χ0n) is 12.7. The quantitative estimate of drug-likeness (QED) is 0.874. The molecule has 1 heterocycles. The van der Waals surface area contributed by atoms with E-state index in [9.17, 15) is 4.79 Å². The van der Waals surface area contributed by atoms with E-state index >= 15 is 0 Å². The number of carbonyl (C=O) groups is 1. The molecule has 1 aliphatic heterocycles. The Bertz CT molecular complexity index is 491. The van der Waals surface area contributed by atoms with Crippen molar-refractivity contribution < 1.29 is 4.79 Å². The summed E-state index contributed by atoms with van der Waals surface area (Å²) >= 11 is 3.41. The van der Waals surface area contributed by atoms with Crippen LogP contribution in [0.1, 0.15) is 26.7 Å². The van der Waals surface area contributed by atoms with Crippen molar-refractivity contribution in [2.75, 3.05) is 25.0 Å². The SMILES string of the molecule is CC(C)(N)CN1CCC(C(=O)Nc2cccc(Br)c2)CC1. The molecule has 0 spiro atoms. The van der Waals surface area contributed by atoms with Gasteiger partial charge in [0.1, 0.15) is 0 Å². The second-order valence-electron chi connectivity index (χ2n) is 6.54. The number of benzene rings is 1. The highest BCUT2D eigenvalue weighted by molar-refractivity contribution is 9.10. The summed E-state index contributed by atoms with van der Waals surface area (Å²) < 4.78 is 0.972. The van der Waals surface area contributed by atoms with Crippen molar-refractivity contribution >= 4 is 27.5 Å². The van der Waals surface area contributed by atoms with Gasteiger partial charge in [-0.3, -0.25) is 4.79 Å². The lowest BCUT2D eigenvalue weighted by Gasteiger charge is -2.35. The average Bonchev–Trinajstić information content (AvgIpc) is 2.37. The molecule has 4 nitrogen and oxygen atoms in total. The van der Waals surface area contributed by atoms with Crippen molar-refractivity contribution in [2.24, 2.45) is 11.7 Å². The first kappa shape index (κ1) is 16.5. The number of carbonyl (C=O) groups excluding carboxylic acids is 1. The fourth-order valence-corrected chi connectivity index (χ4v) is 3.14. The highest BCUT2D eigenvalue weighted by atomic mass is 79.9. The molecule has 1 aliphatic rings. The van der Waals surface area contributed by atoms with Gasteiger partial charge in [-0.05, 0) is 58.0 Å². The second kappa shape index (κ2) is 6.90. The van der Waals surface area contributed by atoms with E-state index in [4.69, 9.17) is 5.73 Å². The molecule has 0 radical (unpaired) electrons. The Hall–Kier alpha value is -0.910. The van der Waals surface area contributed by atoms with Gasteiger partial charge in [0.05, 0.1) is 0 Å². The van der Waals surface area contributed by atoms with E-state index in [0.717, 1.165) is 42.6 Å². The van der Waals surface area contributed by atoms with Gasteiger partial charge in [0.2, 0.25) is 5.91 Å². The molecule has 1 aromatic rings. The molecule has 1 fully saturated rings. The van der Waals surface area contributed by atoms with Crippen LogP contribution >= 0.6 is 15.9 Å². The predicted octanol–water partition coefficient (Wildman–Crippen LogP) is 2.84. The van der Waals surface area contributed by atoms with Gasteiger partial charge in [-0.1, -0.05) is 22.0 Å². The third kappa shape index (κ3) is 5.41. The summed E-state index contributed by atoms with van der Waals surface area (Å²) in [4.78, 5) is 14.7. The molecular weight excluding hydrogens is 330 g/mol. The standard InChI is InChI=1S/C16H24BrN3O/c1-16(2,18)11-20-8-6-12(7-9-20)15(21)19-14-5-3-4-13(17)10-14/h3-5,10,12H,6-9,11,18H2,1-2H3,(H,19,21). The molecule has 0 aliphatic carbocycles. The van der Waals surface area contributed by atoms with E-state index in [2.05, 4.69) is 26.1 Å². The molecule has 1 amide bonds. The van der Waals surface area contributed by atoms with Crippen LogP contribution < -0.4 is 11.1 Å². The van der Waals surface area contributed by atoms with Crippen molar-refractivity contribution in [1.29, 1.82) is 0 Å². The number of likely N-dealkylation sites (tertiary alicyclic amines) is 1. The molecule has 1 aromatic carbocycles. The van der Waals surface area contributed by atoms with Crippen LogP contribution in [0.2, 0.25) is 0 Å². The molecule has 116 valence electrons. The maximum atomic E-state index is 12.3. The Balaban J connectivity index is 1.83. The lowest BCUT2D eigenvalue weighted by atomic mass is 9.94. The number of nitrogens with two attached hydrogens (primary N) is 1. The van der Waals surface area contributed by atoms with Gasteiger partial charge in [0.15, 0.2) is 0 Å². The number of hydrogen-bond acceptors (Lipinski definition) is 3. The van der Waals surface area contributed by atoms with Gasteiger partial charge in [-0.2, -0.15) is 0 Å². The number of hydrogen-bond donors (Lipinski definition) is 2. The lowest BCUT2D eigenvalue weighted by molar-refractivity contribution is -0.121. The fraction of sp³-hybridized carbons (Fsp3) is 0.562. The van der Waals surface area contributed by atoms with Crippen LogP contribution in [0.5, 0.6) is 0 Å². The van der Waals surface area contributed by atoms with Crippen molar-refractivity contribution in [3.05, 3.63) is 28.7 Å². The number of halogens is 1. The first-order chi connectivity index (χ1) is 9.83. The largest absolute Gasteiger partial charge is 0.326 e. The Kier molecular flexibility index (Phi) is 5.41. The second-order valence-corrected chi connectivity index (χ2v) is 7.45. The molecular formula is C16H24BrN3O. The van der Waals surface area contributed by atoms with Crippen LogP contribution in [-0.2, 0) is 4.79 Å². The van der Waals surface area contributed by atoms with Crippen LogP contribution in [0, 0.1) is 5.92 Å². The monoisotopic (exact) mass is 353 g/mol. The summed E-state index contributed by atoms with van der Waals surface area (Å²) in [6, 6.07) is 7.70. The normalized spacial score (nSPS) is 17.7. The highest BCUT2D eigenvalue weighted by Gasteiger charge is 2.27. The number of rotatable bonds is 4. The van der Waals surface area contributed by atoms with E-state index in [-0.39, 0.29) is 17.4 Å². The first-order valence-electron chi connectivity index (χ1n) is 7.41. The molecule has 3 N–H and O–H groups in total. The Labute approximate surface area is 135 Å². The molecule has 2 rings (SSSR count).